The van der Waals surface area contributed by atoms with E-state index < -0.39 is 12.0 Å². The molecular weight excluding hydrogens is 186 g/mol. The zero-order valence-corrected chi connectivity index (χ0v) is 8.86. The lowest BCUT2D eigenvalue weighted by atomic mass is 10.2. The topological polar surface area (TPSA) is 57.1 Å². The highest BCUT2D eigenvalue weighted by Gasteiger charge is 2.29. The number of aliphatic imine (C=N–C) groups is 1. The molecule has 0 amide bonds. The van der Waals surface area contributed by atoms with Crippen LogP contribution in [0.5, 0.6) is 0 Å². The molecule has 1 heterocycles. The Kier molecular flexibility index (Phi) is 2.98. The van der Waals surface area contributed by atoms with E-state index in [0.717, 1.165) is 0 Å². The van der Waals surface area contributed by atoms with Crippen molar-refractivity contribution in [3.05, 3.63) is 0 Å². The number of hydrogen-bond acceptors (Lipinski definition) is 5. The Hall–Kier alpha value is -1.26. The van der Waals surface area contributed by atoms with Gasteiger partial charge < -0.3 is 14.2 Å². The molecule has 0 bridgehead atoms. The molecule has 80 valence electrons. The first kappa shape index (κ1) is 10.8. The maximum Gasteiger partial charge on any atom is 0.385 e. The van der Waals surface area contributed by atoms with Crippen LogP contribution in [-0.2, 0) is 19.0 Å². The van der Waals surface area contributed by atoms with Gasteiger partial charge in [0.05, 0.1) is 7.11 Å². The Morgan fingerprint density at radius 2 is 2.21 bits per heavy atom. The third-order valence-corrected chi connectivity index (χ3v) is 1.49. The van der Waals surface area contributed by atoms with Crippen LogP contribution in [0.3, 0.4) is 0 Å². The molecule has 0 aromatic carbocycles. The highest BCUT2D eigenvalue weighted by Crippen LogP contribution is 2.13. The Balaban J connectivity index is 2.55. The zero-order valence-electron chi connectivity index (χ0n) is 8.86. The van der Waals surface area contributed by atoms with E-state index in [4.69, 9.17) is 9.47 Å². The Morgan fingerprint density at radius 1 is 1.57 bits per heavy atom. The van der Waals surface area contributed by atoms with Crippen LogP contribution in [0.25, 0.3) is 0 Å². The van der Waals surface area contributed by atoms with Crippen LogP contribution < -0.4 is 0 Å². The highest BCUT2D eigenvalue weighted by molar-refractivity contribution is 5.82. The van der Waals surface area contributed by atoms with Gasteiger partial charge in [0.2, 0.25) is 0 Å². The average molecular weight is 201 g/mol. The molecule has 0 aromatic rings. The molecule has 1 aliphatic rings. The molecule has 0 saturated heterocycles. The van der Waals surface area contributed by atoms with Gasteiger partial charge in [-0.3, -0.25) is 0 Å². The smallest absolute Gasteiger partial charge is 0.385 e. The van der Waals surface area contributed by atoms with Crippen molar-refractivity contribution in [3.63, 3.8) is 0 Å². The second kappa shape index (κ2) is 3.86. The Labute approximate surface area is 83.1 Å². The molecule has 14 heavy (non-hydrogen) atoms. The van der Waals surface area contributed by atoms with E-state index in [1.807, 2.05) is 20.8 Å². The van der Waals surface area contributed by atoms with Gasteiger partial charge in [-0.1, -0.05) is 0 Å². The monoisotopic (exact) mass is 201 g/mol. The lowest BCUT2D eigenvalue weighted by Crippen LogP contribution is -2.23. The van der Waals surface area contributed by atoms with E-state index in [1.54, 1.807) is 0 Å². The number of nitrogens with zero attached hydrogens (tertiary/aromatic N) is 1. The normalized spacial score (nSPS) is 21.1. The number of esters is 1. The number of methoxy groups -OCH3 is 1. The van der Waals surface area contributed by atoms with E-state index in [0.29, 0.717) is 0 Å². The summed E-state index contributed by atoms with van der Waals surface area (Å²) in [7, 11) is 1.32. The van der Waals surface area contributed by atoms with Gasteiger partial charge in [0.15, 0.2) is 6.04 Å². The molecule has 1 rings (SSSR count). The minimum atomic E-state index is -0.586. The van der Waals surface area contributed by atoms with Crippen LogP contribution in [-0.4, -0.2) is 37.4 Å². The van der Waals surface area contributed by atoms with Gasteiger partial charge in [-0.2, -0.15) is 4.99 Å². The standard InChI is InChI=1S/C9H15NO4/c1-9(2,3)14-8-10-6(5-13-8)7(11)12-4/h6H,5H2,1-4H3. The molecule has 5 nitrogen and oxygen atoms in total. The van der Waals surface area contributed by atoms with Crippen molar-refractivity contribution < 1.29 is 19.0 Å². The van der Waals surface area contributed by atoms with Crippen molar-refractivity contribution >= 4 is 12.1 Å². The predicted molar refractivity (Wildman–Crippen MR) is 50.0 cm³/mol. The van der Waals surface area contributed by atoms with Crippen molar-refractivity contribution in [2.24, 2.45) is 4.99 Å². The fourth-order valence-electron chi connectivity index (χ4n) is 0.927. The molecule has 1 aliphatic heterocycles. The molecule has 0 N–H and O–H groups in total. The van der Waals surface area contributed by atoms with Crippen LogP contribution >= 0.6 is 0 Å². The van der Waals surface area contributed by atoms with Gasteiger partial charge in [-0.05, 0) is 20.8 Å². The summed E-state index contributed by atoms with van der Waals surface area (Å²) in [5.41, 5.74) is -0.371. The Bertz CT molecular complexity index is 254. The summed E-state index contributed by atoms with van der Waals surface area (Å²) >= 11 is 0. The van der Waals surface area contributed by atoms with Crippen LogP contribution in [0, 0.1) is 0 Å². The number of hydrogen-bond donors (Lipinski definition) is 0. The summed E-state index contributed by atoms with van der Waals surface area (Å²) < 4.78 is 15.0. The molecule has 5 heteroatoms. The van der Waals surface area contributed by atoms with Crippen LogP contribution in [0.1, 0.15) is 20.8 Å². The highest BCUT2D eigenvalue weighted by atomic mass is 16.7. The molecule has 0 aliphatic carbocycles. The van der Waals surface area contributed by atoms with Crippen LogP contribution in [0.15, 0.2) is 4.99 Å². The first-order valence-corrected chi connectivity index (χ1v) is 4.40. The van der Waals surface area contributed by atoms with Crippen molar-refractivity contribution in [3.8, 4) is 0 Å². The van der Waals surface area contributed by atoms with Gasteiger partial charge in [0.25, 0.3) is 0 Å². The van der Waals surface area contributed by atoms with Gasteiger partial charge in [-0.25, -0.2) is 4.79 Å². The van der Waals surface area contributed by atoms with Crippen LogP contribution in [0.2, 0.25) is 0 Å². The summed E-state index contributed by atoms with van der Waals surface area (Å²) in [5, 5.41) is 0. The number of carbonyl (C=O) groups is 1. The molecule has 0 spiro atoms. The van der Waals surface area contributed by atoms with E-state index >= 15 is 0 Å². The number of ether oxygens (including phenoxy) is 3. The molecule has 1 atom stereocenters. The van der Waals surface area contributed by atoms with Gasteiger partial charge >= 0.3 is 12.1 Å². The van der Waals surface area contributed by atoms with Crippen molar-refractivity contribution in [2.45, 2.75) is 32.4 Å². The second-order valence-electron chi connectivity index (χ2n) is 3.96. The van der Waals surface area contributed by atoms with E-state index in [9.17, 15) is 4.79 Å². The lowest BCUT2D eigenvalue weighted by molar-refractivity contribution is -0.142. The van der Waals surface area contributed by atoms with Crippen molar-refractivity contribution in [2.75, 3.05) is 13.7 Å². The molecular formula is C9H15NO4. The maximum atomic E-state index is 11.1. The maximum absolute atomic E-state index is 11.1. The summed E-state index contributed by atoms with van der Waals surface area (Å²) in [6.07, 6.45) is 0.160. The van der Waals surface area contributed by atoms with E-state index in [-0.39, 0.29) is 18.3 Å². The second-order valence-corrected chi connectivity index (χ2v) is 3.96. The summed E-state index contributed by atoms with van der Waals surface area (Å²) in [5.74, 6) is -0.405. The minimum Gasteiger partial charge on any atom is -0.467 e. The van der Waals surface area contributed by atoms with Crippen molar-refractivity contribution in [1.82, 2.24) is 0 Å². The summed E-state index contributed by atoms with van der Waals surface area (Å²) in [6.45, 7) is 5.83. The summed E-state index contributed by atoms with van der Waals surface area (Å²) in [6, 6.07) is -0.586. The van der Waals surface area contributed by atoms with Gasteiger partial charge in [0.1, 0.15) is 12.2 Å². The van der Waals surface area contributed by atoms with Gasteiger partial charge in [-0.15, -0.1) is 0 Å². The first-order valence-electron chi connectivity index (χ1n) is 4.40. The summed E-state index contributed by atoms with van der Waals surface area (Å²) in [4.78, 5) is 15.0. The molecule has 0 saturated carbocycles. The molecule has 1 unspecified atom stereocenters. The largest absolute Gasteiger partial charge is 0.467 e. The Morgan fingerprint density at radius 3 is 2.71 bits per heavy atom. The fraction of sp³-hybridized carbons (Fsp3) is 0.778. The number of carbonyl (C=O) groups excluding carboxylic acids is 1. The molecule has 0 aromatic heterocycles. The van der Waals surface area contributed by atoms with Crippen LogP contribution in [0.4, 0.5) is 0 Å². The van der Waals surface area contributed by atoms with E-state index in [1.165, 1.54) is 7.11 Å². The SMILES string of the molecule is COC(=O)C1COC(OC(C)(C)C)=N1. The van der Waals surface area contributed by atoms with E-state index in [2.05, 4.69) is 9.73 Å². The van der Waals surface area contributed by atoms with Gasteiger partial charge in [0, 0.05) is 0 Å². The quantitative estimate of drug-likeness (QED) is 0.587. The fourth-order valence-corrected chi connectivity index (χ4v) is 0.927. The third-order valence-electron chi connectivity index (χ3n) is 1.49. The number of rotatable bonds is 1. The average Bonchev–Trinajstić information content (AvgIpc) is 2.48. The minimum absolute atomic E-state index is 0.160. The molecule has 0 fully saturated rings. The zero-order chi connectivity index (χ0) is 10.8. The first-order chi connectivity index (χ1) is 6.42. The molecule has 0 radical (unpaired) electrons. The lowest BCUT2D eigenvalue weighted by Gasteiger charge is -2.19. The predicted octanol–water partition coefficient (Wildman–Crippen LogP) is 0.729. The van der Waals surface area contributed by atoms with Crippen molar-refractivity contribution in [1.29, 1.82) is 0 Å². The third kappa shape index (κ3) is 2.90.